The molecule has 0 aliphatic heterocycles. The third-order valence-electron chi connectivity index (χ3n) is 5.48. The van der Waals surface area contributed by atoms with E-state index in [0.29, 0.717) is 9.80 Å². The van der Waals surface area contributed by atoms with Gasteiger partial charge >= 0.3 is 32.2 Å². The van der Waals surface area contributed by atoms with Crippen LogP contribution >= 0.6 is 7.82 Å². The van der Waals surface area contributed by atoms with E-state index in [1.807, 2.05) is 0 Å². The minimum absolute atomic E-state index is 0.0741. The van der Waals surface area contributed by atoms with Gasteiger partial charge in [0.05, 0.1) is 29.2 Å². The van der Waals surface area contributed by atoms with E-state index in [4.69, 9.17) is 43.3 Å². The summed E-state index contributed by atoms with van der Waals surface area (Å²) >= 11 is 0. The van der Waals surface area contributed by atoms with Crippen LogP contribution in [0, 0.1) is 10.8 Å². The van der Waals surface area contributed by atoms with Gasteiger partial charge in [-0.3, -0.25) is 35.0 Å². The van der Waals surface area contributed by atoms with Gasteiger partial charge in [0.15, 0.2) is 0 Å². The second kappa shape index (κ2) is 17.9. The molecule has 0 unspecified atom stereocenters. The maximum absolute atomic E-state index is 14.0. The molecule has 318 valence electrons. The van der Waals surface area contributed by atoms with Gasteiger partial charge in [0.25, 0.3) is 0 Å². The summed E-state index contributed by atoms with van der Waals surface area (Å²) in [6.07, 6.45) is -4.44. The van der Waals surface area contributed by atoms with E-state index >= 15 is 0 Å². The summed E-state index contributed by atoms with van der Waals surface area (Å²) in [6, 6.07) is 3.82. The van der Waals surface area contributed by atoms with Gasteiger partial charge < -0.3 is 18.9 Å². The van der Waals surface area contributed by atoms with Crippen molar-refractivity contribution in [3.63, 3.8) is 0 Å². The number of phosphoric acid groups is 1. The molecular weight excluding hydrogens is 751 g/mol. The van der Waals surface area contributed by atoms with E-state index in [1.165, 1.54) is 18.2 Å². The van der Waals surface area contributed by atoms with Gasteiger partial charge in [0, 0.05) is 0 Å². The van der Waals surface area contributed by atoms with Crippen molar-refractivity contribution < 1.29 is 56.3 Å². The van der Waals surface area contributed by atoms with Crippen LogP contribution in [0.2, 0.25) is 0 Å². The van der Waals surface area contributed by atoms with Crippen LogP contribution in [0.4, 0.5) is 30.6 Å². The number of guanidine groups is 2. The molecule has 0 saturated carbocycles. The number of rotatable bonds is 7. The van der Waals surface area contributed by atoms with E-state index in [9.17, 15) is 23.7 Å². The van der Waals surface area contributed by atoms with Crippen LogP contribution in [0.3, 0.4) is 0 Å². The van der Waals surface area contributed by atoms with Gasteiger partial charge in [-0.25, -0.2) is 33.5 Å². The smallest absolute Gasteiger partial charge is 0.444 e. The molecule has 19 heteroatoms. The monoisotopic (exact) mass is 814 g/mol. The van der Waals surface area contributed by atoms with Gasteiger partial charge in [0.2, 0.25) is 11.9 Å². The number of carbonyl (C=O) groups is 4. The number of anilines is 2. The van der Waals surface area contributed by atoms with Crippen molar-refractivity contribution in [2.24, 2.45) is 0 Å². The molecule has 1 rings (SSSR count). The molecule has 0 bridgehead atoms. The summed E-state index contributed by atoms with van der Waals surface area (Å²) in [5.74, 6) is -1.66. The first kappa shape index (κ1) is 49.8. The quantitative estimate of drug-likeness (QED) is 0.0873. The second-order valence-corrected chi connectivity index (χ2v) is 20.1. The number of hydrogen-bond acceptors (Lipinski definition) is 14. The number of amides is 4. The summed E-state index contributed by atoms with van der Waals surface area (Å²) in [4.78, 5) is 54.7. The van der Waals surface area contributed by atoms with E-state index in [0.717, 1.165) is 0 Å². The summed E-state index contributed by atoms with van der Waals surface area (Å²) in [5, 5.41) is 22.1. The maximum atomic E-state index is 14.0. The zero-order valence-corrected chi connectivity index (χ0v) is 37.1. The Bertz CT molecular complexity index is 1560. The van der Waals surface area contributed by atoms with Crippen molar-refractivity contribution in [2.45, 2.75) is 165 Å². The summed E-state index contributed by atoms with van der Waals surface area (Å²) in [5.41, 5.74) is -6.53. The van der Waals surface area contributed by atoms with Gasteiger partial charge in [-0.05, 0) is 148 Å². The number of hydrogen-bond donors (Lipinski definition) is 4. The SMILES string of the molecule is CC(C)(C)OC(=O)NC(=N)N(C(=O)OC(C)(C)C)c1cc(COP(=O)(OC(C)(C)C)OC(C)(C)C)cc(N(C(=N)NC(=O)OC(C)(C)C)C(=O)OC(C)(C)C)c1. The van der Waals surface area contributed by atoms with E-state index in [-0.39, 0.29) is 16.9 Å². The number of alkyl carbamates (subject to hydrolysis) is 2. The summed E-state index contributed by atoms with van der Waals surface area (Å²) < 4.78 is 53.2. The predicted octanol–water partition coefficient (Wildman–Crippen LogP) is 9.34. The Morgan fingerprint density at radius 2 is 0.839 bits per heavy atom. The highest BCUT2D eigenvalue weighted by molar-refractivity contribution is 7.48. The molecule has 0 atom stereocenters. The van der Waals surface area contributed by atoms with Crippen molar-refractivity contribution in [1.82, 2.24) is 10.6 Å². The van der Waals surface area contributed by atoms with Crippen LogP contribution < -0.4 is 20.4 Å². The Morgan fingerprint density at radius 1 is 0.536 bits per heavy atom. The van der Waals surface area contributed by atoms with Crippen LogP contribution in [-0.4, -0.2) is 69.9 Å². The molecule has 1 aromatic rings. The van der Waals surface area contributed by atoms with Crippen molar-refractivity contribution in [3.8, 4) is 0 Å². The molecule has 18 nitrogen and oxygen atoms in total. The topological polar surface area (TPSA) is 228 Å². The standard InChI is InChI=1S/C37H63N6O12P/c1-32(2,3)50-28(44)40-26(38)42(30(46)52-34(7,8)9)24-19-23(22-49-56(48,54-36(13,14)15)55-37(16,17)18)20-25(21-24)43(31(47)53-35(10,11)12)27(39)41-29(45)51-33(4,5)6/h19-21H,22H2,1-18H3,(H2,38,40,44)(H2,39,41,45). The number of ether oxygens (including phenoxy) is 4. The highest BCUT2D eigenvalue weighted by atomic mass is 31.2. The van der Waals surface area contributed by atoms with E-state index < -0.39 is 84.3 Å². The Hall–Kier alpha value is -4.25. The molecule has 0 saturated heterocycles. The van der Waals surface area contributed by atoms with Crippen molar-refractivity contribution in [3.05, 3.63) is 23.8 Å². The third-order valence-corrected chi connectivity index (χ3v) is 7.47. The minimum Gasteiger partial charge on any atom is -0.444 e. The molecule has 1 aromatic carbocycles. The maximum Gasteiger partial charge on any atom is 0.476 e. The molecule has 0 aliphatic rings. The lowest BCUT2D eigenvalue weighted by Crippen LogP contribution is -2.50. The molecule has 0 fully saturated rings. The first-order valence-corrected chi connectivity index (χ1v) is 19.3. The molecular formula is C37H63N6O12P. The van der Waals surface area contributed by atoms with Crippen LogP contribution in [0.1, 0.15) is 130 Å². The van der Waals surface area contributed by atoms with Crippen LogP contribution in [0.25, 0.3) is 0 Å². The Balaban J connectivity index is 4.21. The highest BCUT2D eigenvalue weighted by Crippen LogP contribution is 2.56. The van der Waals surface area contributed by atoms with Crippen LogP contribution in [0.5, 0.6) is 0 Å². The molecule has 0 heterocycles. The van der Waals surface area contributed by atoms with E-state index in [2.05, 4.69) is 10.6 Å². The zero-order valence-electron chi connectivity index (χ0n) is 36.2. The molecule has 4 amide bonds. The second-order valence-electron chi connectivity index (χ2n) is 18.6. The van der Waals surface area contributed by atoms with Gasteiger partial charge in [-0.15, -0.1) is 0 Å². The number of nitrogens with one attached hydrogen (secondary N) is 4. The van der Waals surface area contributed by atoms with Crippen LogP contribution in [-0.2, 0) is 43.7 Å². The number of benzene rings is 1. The van der Waals surface area contributed by atoms with E-state index in [1.54, 1.807) is 125 Å². The third kappa shape index (κ3) is 19.6. The van der Waals surface area contributed by atoms with Crippen molar-refractivity contribution in [2.75, 3.05) is 9.80 Å². The average molecular weight is 815 g/mol. The highest BCUT2D eigenvalue weighted by Gasteiger charge is 2.38. The minimum atomic E-state index is -4.36. The molecule has 0 aromatic heterocycles. The first-order valence-electron chi connectivity index (χ1n) is 17.8. The van der Waals surface area contributed by atoms with Crippen LogP contribution in [0.15, 0.2) is 18.2 Å². The molecule has 0 radical (unpaired) electrons. The average Bonchev–Trinajstić information content (AvgIpc) is 2.85. The van der Waals surface area contributed by atoms with Crippen molar-refractivity contribution in [1.29, 1.82) is 10.8 Å². The summed E-state index contributed by atoms with van der Waals surface area (Å²) in [7, 11) is -4.36. The summed E-state index contributed by atoms with van der Waals surface area (Å²) in [6.45, 7) is 28.5. The lowest BCUT2D eigenvalue weighted by Gasteiger charge is -2.32. The molecule has 4 N–H and O–H groups in total. The fourth-order valence-electron chi connectivity index (χ4n) is 4.07. The number of nitrogens with zero attached hydrogens (tertiary/aromatic N) is 2. The fourth-order valence-corrected chi connectivity index (χ4v) is 5.86. The predicted molar refractivity (Wildman–Crippen MR) is 212 cm³/mol. The Morgan fingerprint density at radius 3 is 1.11 bits per heavy atom. The van der Waals surface area contributed by atoms with Crippen molar-refractivity contribution >= 4 is 55.5 Å². The van der Waals surface area contributed by atoms with Gasteiger partial charge in [-0.2, -0.15) is 0 Å². The molecule has 0 spiro atoms. The lowest BCUT2D eigenvalue weighted by molar-refractivity contribution is 0.000675. The molecule has 56 heavy (non-hydrogen) atoms. The Kier molecular flexibility index (Phi) is 15.9. The van der Waals surface area contributed by atoms with Gasteiger partial charge in [-0.1, -0.05) is 0 Å². The number of phosphoric ester groups is 1. The van der Waals surface area contributed by atoms with Gasteiger partial charge in [0.1, 0.15) is 22.4 Å². The molecule has 0 aliphatic carbocycles. The first-order chi connectivity index (χ1) is 24.8. The number of carbonyl (C=O) groups excluding carboxylic acids is 4. The Labute approximate surface area is 331 Å². The fraction of sp³-hybridized carbons (Fsp3) is 0.676. The largest absolute Gasteiger partial charge is 0.476 e. The normalized spacial score (nSPS) is 12.9. The zero-order chi connectivity index (χ0) is 44.0. The lowest BCUT2D eigenvalue weighted by atomic mass is 10.1.